The molecule has 0 saturated heterocycles. The number of alkyl carbamates (subject to hydrolysis) is 1. The fraction of sp³-hybridized carbons (Fsp3) is 0.500. The molecule has 1 unspecified atom stereocenters. The van der Waals surface area contributed by atoms with Crippen molar-refractivity contribution in [3.05, 3.63) is 12.7 Å². The van der Waals surface area contributed by atoms with Crippen LogP contribution in [-0.2, 0) is 14.3 Å². The zero-order chi connectivity index (χ0) is 13.3. The van der Waals surface area contributed by atoms with Crippen LogP contribution in [0.25, 0.3) is 0 Å². The van der Waals surface area contributed by atoms with Gasteiger partial charge in [0.05, 0.1) is 0 Å². The Hall–Kier alpha value is -2.05. The number of carbonyl (C=O) groups is 3. The van der Waals surface area contributed by atoms with E-state index in [0.717, 1.165) is 0 Å². The lowest BCUT2D eigenvalue weighted by atomic mass is 10.1. The maximum absolute atomic E-state index is 11.1. The second-order valence-electron chi connectivity index (χ2n) is 3.21. The van der Waals surface area contributed by atoms with Crippen LogP contribution in [-0.4, -0.2) is 40.9 Å². The van der Waals surface area contributed by atoms with E-state index in [9.17, 15) is 14.4 Å². The maximum Gasteiger partial charge on any atom is 0.408 e. The fourth-order valence-electron chi connectivity index (χ4n) is 1.03. The minimum absolute atomic E-state index is 0.0205. The van der Waals surface area contributed by atoms with Crippen LogP contribution in [0.3, 0.4) is 0 Å². The molecule has 0 spiro atoms. The Balaban J connectivity index is 4.05. The van der Waals surface area contributed by atoms with Gasteiger partial charge in [0.2, 0.25) is 0 Å². The van der Waals surface area contributed by atoms with E-state index in [1.54, 1.807) is 0 Å². The molecule has 0 saturated carbocycles. The molecule has 0 fully saturated rings. The molecule has 0 aliphatic rings. The Labute approximate surface area is 98.1 Å². The van der Waals surface area contributed by atoms with Crippen molar-refractivity contribution in [3.63, 3.8) is 0 Å². The lowest BCUT2D eigenvalue weighted by molar-refractivity contribution is -0.141. The Kier molecular flexibility index (Phi) is 7.16. The number of carboxylic acids is 2. The molecular weight excluding hydrogens is 230 g/mol. The summed E-state index contributed by atoms with van der Waals surface area (Å²) < 4.78 is 4.55. The quantitative estimate of drug-likeness (QED) is 0.540. The molecular formula is C10H15NO6. The number of carbonyl (C=O) groups excluding carboxylic acids is 1. The molecule has 1 atom stereocenters. The topological polar surface area (TPSA) is 113 Å². The lowest BCUT2D eigenvalue weighted by Gasteiger charge is -2.13. The highest BCUT2D eigenvalue weighted by molar-refractivity contribution is 5.79. The monoisotopic (exact) mass is 245 g/mol. The first kappa shape index (κ1) is 14.9. The number of carboxylic acid groups (broad SMARTS) is 2. The number of hydrogen-bond donors (Lipinski definition) is 3. The highest BCUT2D eigenvalue weighted by atomic mass is 16.5. The summed E-state index contributed by atoms with van der Waals surface area (Å²) >= 11 is 0. The van der Waals surface area contributed by atoms with Crippen LogP contribution in [0.1, 0.15) is 19.3 Å². The van der Waals surface area contributed by atoms with Gasteiger partial charge in [-0.25, -0.2) is 9.59 Å². The first-order valence-corrected chi connectivity index (χ1v) is 4.96. The molecule has 7 nitrogen and oxygen atoms in total. The lowest BCUT2D eigenvalue weighted by Crippen LogP contribution is -2.41. The van der Waals surface area contributed by atoms with E-state index in [0.29, 0.717) is 0 Å². The molecule has 3 N–H and O–H groups in total. The van der Waals surface area contributed by atoms with Crippen molar-refractivity contribution in [1.29, 1.82) is 0 Å². The predicted octanol–water partition coefficient (Wildman–Crippen LogP) is 0.607. The van der Waals surface area contributed by atoms with Gasteiger partial charge in [-0.05, 0) is 12.8 Å². The summed E-state index contributed by atoms with van der Waals surface area (Å²) in [5, 5.41) is 19.3. The molecule has 0 rings (SSSR count). The first-order chi connectivity index (χ1) is 7.97. The molecule has 0 aliphatic carbocycles. The molecule has 0 aromatic carbocycles. The summed E-state index contributed by atoms with van der Waals surface area (Å²) in [6.45, 7) is 3.31. The summed E-state index contributed by atoms with van der Waals surface area (Å²) in [6.07, 6.45) is 0.527. The van der Waals surface area contributed by atoms with Gasteiger partial charge in [-0.1, -0.05) is 12.7 Å². The van der Waals surface area contributed by atoms with Gasteiger partial charge in [-0.15, -0.1) is 0 Å². The number of amides is 1. The Morgan fingerprint density at radius 3 is 2.47 bits per heavy atom. The molecule has 7 heteroatoms. The highest BCUT2D eigenvalue weighted by Gasteiger charge is 2.20. The number of rotatable bonds is 8. The van der Waals surface area contributed by atoms with Crippen LogP contribution in [0.15, 0.2) is 12.7 Å². The highest BCUT2D eigenvalue weighted by Crippen LogP contribution is 2.02. The molecule has 96 valence electrons. The maximum atomic E-state index is 11.1. The van der Waals surface area contributed by atoms with Crippen molar-refractivity contribution in [2.24, 2.45) is 0 Å². The van der Waals surface area contributed by atoms with E-state index < -0.39 is 24.1 Å². The van der Waals surface area contributed by atoms with E-state index in [4.69, 9.17) is 10.2 Å². The smallest absolute Gasteiger partial charge is 0.408 e. The van der Waals surface area contributed by atoms with Gasteiger partial charge in [0.15, 0.2) is 0 Å². The van der Waals surface area contributed by atoms with Crippen LogP contribution >= 0.6 is 0 Å². The summed E-state index contributed by atoms with van der Waals surface area (Å²) in [6, 6.07) is -1.15. The van der Waals surface area contributed by atoms with Crippen LogP contribution in [0.2, 0.25) is 0 Å². The van der Waals surface area contributed by atoms with Gasteiger partial charge in [0.25, 0.3) is 0 Å². The van der Waals surface area contributed by atoms with Crippen molar-refractivity contribution in [1.82, 2.24) is 5.32 Å². The van der Waals surface area contributed by atoms with E-state index in [-0.39, 0.29) is 25.9 Å². The third-order valence-electron chi connectivity index (χ3n) is 1.81. The zero-order valence-electron chi connectivity index (χ0n) is 9.22. The third-order valence-corrected chi connectivity index (χ3v) is 1.81. The van der Waals surface area contributed by atoms with E-state index >= 15 is 0 Å². The normalized spacial score (nSPS) is 11.3. The average molecular weight is 245 g/mol. The average Bonchev–Trinajstić information content (AvgIpc) is 2.24. The van der Waals surface area contributed by atoms with Gasteiger partial charge >= 0.3 is 18.0 Å². The van der Waals surface area contributed by atoms with Gasteiger partial charge in [-0.3, -0.25) is 4.79 Å². The summed E-state index contributed by atoms with van der Waals surface area (Å²) in [5.41, 5.74) is 0. The SMILES string of the molecule is C=CCOC(=O)NC(CCCC(=O)O)C(=O)O. The molecule has 0 aromatic rings. The molecule has 1 amide bonds. The van der Waals surface area contributed by atoms with Crippen molar-refractivity contribution in [2.75, 3.05) is 6.61 Å². The summed E-state index contributed by atoms with van der Waals surface area (Å²) in [7, 11) is 0. The minimum Gasteiger partial charge on any atom is -0.481 e. The number of ether oxygens (including phenoxy) is 1. The molecule has 0 bridgehead atoms. The van der Waals surface area contributed by atoms with Crippen molar-refractivity contribution in [2.45, 2.75) is 25.3 Å². The Bertz CT molecular complexity index is 301. The van der Waals surface area contributed by atoms with Crippen LogP contribution in [0, 0.1) is 0 Å². The van der Waals surface area contributed by atoms with E-state index in [2.05, 4.69) is 16.6 Å². The summed E-state index contributed by atoms with van der Waals surface area (Å²) in [4.78, 5) is 32.0. The van der Waals surface area contributed by atoms with E-state index in [1.165, 1.54) is 6.08 Å². The van der Waals surface area contributed by atoms with Crippen LogP contribution < -0.4 is 5.32 Å². The third kappa shape index (κ3) is 7.83. The second-order valence-corrected chi connectivity index (χ2v) is 3.21. The largest absolute Gasteiger partial charge is 0.481 e. The first-order valence-electron chi connectivity index (χ1n) is 4.96. The number of hydrogen-bond acceptors (Lipinski definition) is 4. The second kappa shape index (κ2) is 8.14. The standard InChI is InChI=1S/C10H15NO6/c1-2-6-17-10(16)11-7(9(14)15)4-3-5-8(12)13/h2,7H,1,3-6H2,(H,11,16)(H,12,13)(H,14,15). The zero-order valence-corrected chi connectivity index (χ0v) is 9.22. The predicted molar refractivity (Wildman–Crippen MR) is 57.6 cm³/mol. The van der Waals surface area contributed by atoms with Gasteiger partial charge < -0.3 is 20.3 Å². The van der Waals surface area contributed by atoms with Crippen molar-refractivity contribution >= 4 is 18.0 Å². The van der Waals surface area contributed by atoms with Crippen LogP contribution in [0.4, 0.5) is 4.79 Å². The van der Waals surface area contributed by atoms with Crippen molar-refractivity contribution in [3.8, 4) is 0 Å². The van der Waals surface area contributed by atoms with Gasteiger partial charge in [-0.2, -0.15) is 0 Å². The molecule has 0 radical (unpaired) electrons. The molecule has 0 aromatic heterocycles. The van der Waals surface area contributed by atoms with Gasteiger partial charge in [0, 0.05) is 6.42 Å². The van der Waals surface area contributed by atoms with E-state index in [1.807, 2.05) is 0 Å². The Morgan fingerprint density at radius 1 is 1.35 bits per heavy atom. The molecule has 0 aliphatic heterocycles. The molecule has 17 heavy (non-hydrogen) atoms. The number of nitrogens with one attached hydrogen (secondary N) is 1. The fourth-order valence-corrected chi connectivity index (χ4v) is 1.03. The van der Waals surface area contributed by atoms with Crippen molar-refractivity contribution < 1.29 is 29.3 Å². The minimum atomic E-state index is -1.23. The number of aliphatic carboxylic acids is 2. The van der Waals surface area contributed by atoms with Gasteiger partial charge in [0.1, 0.15) is 12.6 Å². The Morgan fingerprint density at radius 2 is 2.00 bits per heavy atom. The molecule has 0 heterocycles. The van der Waals surface area contributed by atoms with Crippen LogP contribution in [0.5, 0.6) is 0 Å². The summed E-state index contributed by atoms with van der Waals surface area (Å²) in [5.74, 6) is -2.24.